The van der Waals surface area contributed by atoms with Gasteiger partial charge < -0.3 is 10.2 Å². The van der Waals surface area contributed by atoms with Gasteiger partial charge in [-0.25, -0.2) is 0 Å². The Hall–Kier alpha value is -1.84. The maximum atomic E-state index is 12.1. The zero-order valence-corrected chi connectivity index (χ0v) is 13.1. The average Bonchev–Trinajstić information content (AvgIpc) is 2.44. The van der Waals surface area contributed by atoms with E-state index in [9.17, 15) is 4.79 Å². The van der Waals surface area contributed by atoms with Crippen molar-refractivity contribution in [1.82, 2.24) is 0 Å². The number of carbonyl (C=O) groups is 1. The topological polar surface area (TPSA) is 33.5 Å². The summed E-state index contributed by atoms with van der Waals surface area (Å²) in [5.74, 6) is 0.0239. The third-order valence-corrected chi connectivity index (χ3v) is 3.55. The van der Waals surface area contributed by atoms with Crippen molar-refractivity contribution < 1.29 is 9.69 Å². The maximum absolute atomic E-state index is 12.1. The smallest absolute Gasteiger partial charge is 0.279 e. The maximum Gasteiger partial charge on any atom is 0.279 e. The summed E-state index contributed by atoms with van der Waals surface area (Å²) >= 11 is 5.87. The van der Waals surface area contributed by atoms with Crippen LogP contribution in [0.5, 0.6) is 0 Å². The summed E-state index contributed by atoms with van der Waals surface area (Å²) in [6.45, 7) is 3.20. The molecule has 0 saturated carbocycles. The van der Waals surface area contributed by atoms with Crippen LogP contribution in [0.25, 0.3) is 0 Å². The van der Waals surface area contributed by atoms with E-state index in [0.717, 1.165) is 27.7 Å². The van der Waals surface area contributed by atoms with E-state index in [1.807, 2.05) is 62.5 Å². The standard InChI is InChI=1S/C17H19ClN2O/c1-13-5-3-4-6-16(13)19-17(21)12-20(2)11-14-7-9-15(18)10-8-14/h3-10H,11-12H2,1-2H3,(H,19,21)/p+1. The number of likely N-dealkylation sites (N-methyl/N-ethyl adjacent to an activating group) is 1. The van der Waals surface area contributed by atoms with E-state index >= 15 is 0 Å². The normalized spacial score (nSPS) is 12.0. The van der Waals surface area contributed by atoms with Crippen molar-refractivity contribution in [1.29, 1.82) is 0 Å². The van der Waals surface area contributed by atoms with Gasteiger partial charge in [-0.15, -0.1) is 0 Å². The zero-order valence-electron chi connectivity index (χ0n) is 12.3. The lowest BCUT2D eigenvalue weighted by Crippen LogP contribution is -3.08. The average molecular weight is 304 g/mol. The Bertz CT molecular complexity index is 610. The first-order valence-corrected chi connectivity index (χ1v) is 7.33. The fourth-order valence-corrected chi connectivity index (χ4v) is 2.32. The van der Waals surface area contributed by atoms with Gasteiger partial charge in [-0.05, 0) is 30.7 Å². The Morgan fingerprint density at radius 2 is 1.81 bits per heavy atom. The zero-order chi connectivity index (χ0) is 15.2. The van der Waals surface area contributed by atoms with E-state index < -0.39 is 0 Å². The lowest BCUT2D eigenvalue weighted by molar-refractivity contribution is -0.885. The molecule has 1 unspecified atom stereocenters. The molecule has 3 nitrogen and oxygen atoms in total. The molecule has 0 aliphatic rings. The highest BCUT2D eigenvalue weighted by Gasteiger charge is 2.11. The largest absolute Gasteiger partial charge is 0.326 e. The fraction of sp³-hybridized carbons (Fsp3) is 0.235. The fourth-order valence-electron chi connectivity index (χ4n) is 2.19. The van der Waals surface area contributed by atoms with Crippen LogP contribution in [0.15, 0.2) is 48.5 Å². The Balaban J connectivity index is 1.87. The first-order valence-electron chi connectivity index (χ1n) is 6.96. The second-order valence-electron chi connectivity index (χ2n) is 5.30. The second-order valence-corrected chi connectivity index (χ2v) is 5.74. The predicted molar refractivity (Wildman–Crippen MR) is 86.7 cm³/mol. The lowest BCUT2D eigenvalue weighted by Gasteiger charge is -2.14. The number of halogens is 1. The SMILES string of the molecule is Cc1ccccc1NC(=O)C[NH+](C)Cc1ccc(Cl)cc1. The van der Waals surface area contributed by atoms with Gasteiger partial charge in [0.25, 0.3) is 5.91 Å². The quantitative estimate of drug-likeness (QED) is 0.873. The van der Waals surface area contributed by atoms with Crippen LogP contribution in [-0.2, 0) is 11.3 Å². The van der Waals surface area contributed by atoms with E-state index in [0.29, 0.717) is 6.54 Å². The number of rotatable bonds is 5. The summed E-state index contributed by atoms with van der Waals surface area (Å²) in [6.07, 6.45) is 0. The predicted octanol–water partition coefficient (Wildman–Crippen LogP) is 2.30. The molecule has 0 aliphatic carbocycles. The summed E-state index contributed by atoms with van der Waals surface area (Å²) < 4.78 is 0. The highest BCUT2D eigenvalue weighted by atomic mass is 35.5. The number of hydrogen-bond acceptors (Lipinski definition) is 1. The van der Waals surface area contributed by atoms with Gasteiger partial charge in [0.1, 0.15) is 6.54 Å². The monoisotopic (exact) mass is 303 g/mol. The molecular formula is C17H20ClN2O+. The number of quaternary nitrogens is 1. The minimum Gasteiger partial charge on any atom is -0.326 e. The van der Waals surface area contributed by atoms with Gasteiger partial charge in [-0.1, -0.05) is 41.9 Å². The van der Waals surface area contributed by atoms with Crippen LogP contribution in [0.4, 0.5) is 5.69 Å². The summed E-state index contributed by atoms with van der Waals surface area (Å²) in [6, 6.07) is 15.5. The molecule has 2 aromatic rings. The molecule has 0 saturated heterocycles. The molecule has 0 fully saturated rings. The molecule has 110 valence electrons. The number of amides is 1. The van der Waals surface area contributed by atoms with Crippen LogP contribution < -0.4 is 10.2 Å². The van der Waals surface area contributed by atoms with Gasteiger partial charge in [0.2, 0.25) is 0 Å². The third-order valence-electron chi connectivity index (χ3n) is 3.30. The molecule has 2 aromatic carbocycles. The lowest BCUT2D eigenvalue weighted by atomic mass is 10.2. The van der Waals surface area contributed by atoms with Crippen LogP contribution in [0.3, 0.4) is 0 Å². The van der Waals surface area contributed by atoms with E-state index in [1.165, 1.54) is 5.56 Å². The Kier molecular flexibility index (Phi) is 5.37. The van der Waals surface area contributed by atoms with E-state index in [4.69, 9.17) is 11.6 Å². The van der Waals surface area contributed by atoms with Crippen LogP contribution in [0, 0.1) is 6.92 Å². The van der Waals surface area contributed by atoms with Crippen molar-refractivity contribution in [2.75, 3.05) is 18.9 Å². The van der Waals surface area contributed by atoms with Gasteiger partial charge in [-0.3, -0.25) is 4.79 Å². The molecule has 1 amide bonds. The van der Waals surface area contributed by atoms with Gasteiger partial charge in [0.05, 0.1) is 7.05 Å². The number of carbonyl (C=O) groups excluding carboxylic acids is 1. The van der Waals surface area contributed by atoms with Crippen LogP contribution >= 0.6 is 11.6 Å². The Morgan fingerprint density at radius 1 is 1.14 bits per heavy atom. The first kappa shape index (κ1) is 15.5. The number of aryl methyl sites for hydroxylation is 1. The summed E-state index contributed by atoms with van der Waals surface area (Å²) in [4.78, 5) is 13.2. The summed E-state index contributed by atoms with van der Waals surface area (Å²) in [5, 5.41) is 3.69. The Morgan fingerprint density at radius 3 is 2.48 bits per heavy atom. The minimum absolute atomic E-state index is 0.0239. The highest BCUT2D eigenvalue weighted by molar-refractivity contribution is 6.30. The Labute approximate surface area is 130 Å². The minimum atomic E-state index is 0.0239. The number of benzene rings is 2. The molecule has 0 aromatic heterocycles. The molecule has 0 bridgehead atoms. The van der Waals surface area contributed by atoms with E-state index in [2.05, 4.69) is 5.32 Å². The number of anilines is 1. The molecule has 2 N–H and O–H groups in total. The van der Waals surface area contributed by atoms with Crippen molar-refractivity contribution >= 4 is 23.2 Å². The van der Waals surface area contributed by atoms with Gasteiger partial charge in [0.15, 0.2) is 6.54 Å². The van der Waals surface area contributed by atoms with Crippen molar-refractivity contribution in [2.45, 2.75) is 13.5 Å². The highest BCUT2D eigenvalue weighted by Crippen LogP contribution is 2.12. The summed E-state index contributed by atoms with van der Waals surface area (Å²) in [7, 11) is 2.01. The molecule has 2 rings (SSSR count). The van der Waals surface area contributed by atoms with Gasteiger partial charge in [0, 0.05) is 16.3 Å². The van der Waals surface area contributed by atoms with Crippen LogP contribution in [0.1, 0.15) is 11.1 Å². The number of hydrogen-bond donors (Lipinski definition) is 2. The summed E-state index contributed by atoms with van der Waals surface area (Å²) in [5.41, 5.74) is 3.11. The molecule has 0 aliphatic heterocycles. The number of nitrogens with one attached hydrogen (secondary N) is 2. The molecule has 0 spiro atoms. The van der Waals surface area contributed by atoms with E-state index in [1.54, 1.807) is 0 Å². The van der Waals surface area contributed by atoms with Crippen LogP contribution in [0.2, 0.25) is 5.02 Å². The van der Waals surface area contributed by atoms with Crippen LogP contribution in [-0.4, -0.2) is 19.5 Å². The first-order chi connectivity index (χ1) is 10.0. The molecule has 0 heterocycles. The van der Waals surface area contributed by atoms with Crippen molar-refractivity contribution in [3.63, 3.8) is 0 Å². The molecule has 4 heteroatoms. The van der Waals surface area contributed by atoms with Crippen molar-refractivity contribution in [2.24, 2.45) is 0 Å². The van der Waals surface area contributed by atoms with Crippen molar-refractivity contribution in [3.05, 3.63) is 64.7 Å². The van der Waals surface area contributed by atoms with Crippen molar-refractivity contribution in [3.8, 4) is 0 Å². The van der Waals surface area contributed by atoms with Gasteiger partial charge in [-0.2, -0.15) is 0 Å². The molecule has 1 atom stereocenters. The molecular weight excluding hydrogens is 284 g/mol. The number of para-hydroxylation sites is 1. The molecule has 0 radical (unpaired) electrons. The molecule has 21 heavy (non-hydrogen) atoms. The van der Waals surface area contributed by atoms with E-state index in [-0.39, 0.29) is 5.91 Å². The van der Waals surface area contributed by atoms with Gasteiger partial charge >= 0.3 is 0 Å². The third kappa shape index (κ3) is 4.88. The second kappa shape index (κ2) is 7.25.